The van der Waals surface area contributed by atoms with E-state index in [1.54, 1.807) is 0 Å². The van der Waals surface area contributed by atoms with Crippen molar-refractivity contribution < 1.29 is 4.79 Å². The summed E-state index contributed by atoms with van der Waals surface area (Å²) in [5, 5.41) is 2.13. The van der Waals surface area contributed by atoms with Crippen LogP contribution in [-0.2, 0) is 0 Å². The second kappa shape index (κ2) is 5.76. The lowest BCUT2D eigenvalue weighted by atomic mass is 9.92. The van der Waals surface area contributed by atoms with Gasteiger partial charge in [0.25, 0.3) is 0 Å². The predicted octanol–water partition coefficient (Wildman–Crippen LogP) is 5.50. The summed E-state index contributed by atoms with van der Waals surface area (Å²) in [5.41, 5.74) is 3.85. The van der Waals surface area contributed by atoms with Crippen LogP contribution in [0.3, 0.4) is 0 Å². The van der Waals surface area contributed by atoms with Crippen LogP contribution in [-0.4, -0.2) is 5.78 Å². The zero-order chi connectivity index (χ0) is 15.7. The Hall–Kier alpha value is -2.41. The molecule has 0 aliphatic heterocycles. The van der Waals surface area contributed by atoms with Crippen LogP contribution in [0.1, 0.15) is 46.8 Å². The van der Waals surface area contributed by atoms with Crippen molar-refractivity contribution in [3.8, 4) is 0 Å². The van der Waals surface area contributed by atoms with Crippen LogP contribution >= 0.6 is 0 Å². The van der Waals surface area contributed by atoms with Crippen molar-refractivity contribution in [2.24, 2.45) is 0 Å². The van der Waals surface area contributed by atoms with Gasteiger partial charge in [0.1, 0.15) is 0 Å². The Kier molecular flexibility index (Phi) is 3.81. The number of hydrogen-bond donors (Lipinski definition) is 0. The van der Waals surface area contributed by atoms with Crippen LogP contribution in [0.15, 0.2) is 60.7 Å². The van der Waals surface area contributed by atoms with Crippen LogP contribution in [0.2, 0.25) is 0 Å². The molecule has 1 heteroatoms. The van der Waals surface area contributed by atoms with Gasteiger partial charge in [0.15, 0.2) is 5.78 Å². The summed E-state index contributed by atoms with van der Waals surface area (Å²) in [7, 11) is 0. The summed E-state index contributed by atoms with van der Waals surface area (Å²) in [5.74, 6) is 0.577. The molecule has 0 unspecified atom stereocenters. The van der Waals surface area contributed by atoms with Gasteiger partial charge < -0.3 is 0 Å². The summed E-state index contributed by atoms with van der Waals surface area (Å²) in [6.07, 6.45) is 0. The van der Waals surface area contributed by atoms with Crippen molar-refractivity contribution in [2.75, 3.05) is 0 Å². The van der Waals surface area contributed by atoms with E-state index in [0.717, 1.165) is 27.5 Å². The quantitative estimate of drug-likeness (QED) is 0.581. The lowest BCUT2D eigenvalue weighted by Gasteiger charge is -2.11. The molecule has 0 bridgehead atoms. The van der Waals surface area contributed by atoms with Crippen molar-refractivity contribution in [2.45, 2.75) is 26.7 Å². The third kappa shape index (κ3) is 2.55. The minimum Gasteiger partial charge on any atom is -0.289 e. The Morgan fingerprint density at radius 1 is 0.864 bits per heavy atom. The Balaban J connectivity index is 2.10. The molecule has 0 atom stereocenters. The van der Waals surface area contributed by atoms with Crippen molar-refractivity contribution in [1.82, 2.24) is 0 Å². The first kappa shape index (κ1) is 14.5. The fourth-order valence-corrected chi connectivity index (χ4v) is 2.85. The second-order valence-corrected chi connectivity index (χ2v) is 6.08. The van der Waals surface area contributed by atoms with E-state index >= 15 is 0 Å². The third-order valence-electron chi connectivity index (χ3n) is 4.20. The number of fused-ring (bicyclic) bond motifs is 1. The zero-order valence-corrected chi connectivity index (χ0v) is 13.3. The van der Waals surface area contributed by atoms with Crippen LogP contribution in [0.25, 0.3) is 10.8 Å². The molecule has 0 spiro atoms. The molecule has 22 heavy (non-hydrogen) atoms. The van der Waals surface area contributed by atoms with E-state index in [4.69, 9.17) is 0 Å². The van der Waals surface area contributed by atoms with Gasteiger partial charge in [-0.3, -0.25) is 4.79 Å². The molecule has 0 heterocycles. The van der Waals surface area contributed by atoms with E-state index in [9.17, 15) is 4.79 Å². The molecule has 0 saturated carbocycles. The first-order valence-corrected chi connectivity index (χ1v) is 7.71. The Bertz CT molecular complexity index is 826. The lowest BCUT2D eigenvalue weighted by Crippen LogP contribution is -2.05. The van der Waals surface area contributed by atoms with Crippen molar-refractivity contribution in [3.63, 3.8) is 0 Å². The van der Waals surface area contributed by atoms with Gasteiger partial charge in [-0.2, -0.15) is 0 Å². The molecule has 1 nitrogen and oxygen atoms in total. The Labute approximate surface area is 131 Å². The van der Waals surface area contributed by atoms with E-state index in [-0.39, 0.29) is 5.78 Å². The number of aryl methyl sites for hydroxylation is 1. The van der Waals surface area contributed by atoms with E-state index in [1.165, 1.54) is 5.56 Å². The number of benzene rings is 3. The van der Waals surface area contributed by atoms with Gasteiger partial charge >= 0.3 is 0 Å². The summed E-state index contributed by atoms with van der Waals surface area (Å²) >= 11 is 0. The maximum atomic E-state index is 13.0. The normalized spacial score (nSPS) is 11.1. The largest absolute Gasteiger partial charge is 0.289 e. The molecule has 3 rings (SSSR count). The van der Waals surface area contributed by atoms with Gasteiger partial charge in [0.05, 0.1) is 0 Å². The first-order valence-electron chi connectivity index (χ1n) is 7.71. The third-order valence-corrected chi connectivity index (χ3v) is 4.20. The van der Waals surface area contributed by atoms with Gasteiger partial charge in [-0.1, -0.05) is 74.5 Å². The van der Waals surface area contributed by atoms with Crippen molar-refractivity contribution >= 4 is 16.6 Å². The van der Waals surface area contributed by atoms with Crippen LogP contribution < -0.4 is 0 Å². The van der Waals surface area contributed by atoms with Gasteiger partial charge in [-0.05, 0) is 34.7 Å². The highest BCUT2D eigenvalue weighted by Gasteiger charge is 2.15. The molecule has 3 aromatic rings. The SMILES string of the molecule is Cc1ccc2ccccc2c1C(=O)c1ccc(C(C)C)cc1. The van der Waals surface area contributed by atoms with Gasteiger partial charge in [0.2, 0.25) is 0 Å². The minimum absolute atomic E-state index is 0.101. The zero-order valence-electron chi connectivity index (χ0n) is 13.3. The van der Waals surface area contributed by atoms with E-state index in [1.807, 2.05) is 49.4 Å². The number of ketones is 1. The van der Waals surface area contributed by atoms with Crippen molar-refractivity contribution in [3.05, 3.63) is 82.9 Å². The average molecular weight is 288 g/mol. The summed E-state index contributed by atoms with van der Waals surface area (Å²) in [6.45, 7) is 6.32. The molecular weight excluding hydrogens is 268 g/mol. The molecule has 0 aromatic heterocycles. The lowest BCUT2D eigenvalue weighted by molar-refractivity contribution is 0.103. The Morgan fingerprint density at radius 3 is 2.23 bits per heavy atom. The number of carbonyl (C=O) groups is 1. The Morgan fingerprint density at radius 2 is 1.55 bits per heavy atom. The van der Waals surface area contributed by atoms with E-state index < -0.39 is 0 Å². The highest BCUT2D eigenvalue weighted by Crippen LogP contribution is 2.25. The molecule has 110 valence electrons. The fourth-order valence-electron chi connectivity index (χ4n) is 2.85. The maximum Gasteiger partial charge on any atom is 0.193 e. The fraction of sp³-hybridized carbons (Fsp3) is 0.190. The molecular formula is C21H20O. The predicted molar refractivity (Wildman–Crippen MR) is 92.6 cm³/mol. The summed E-state index contributed by atoms with van der Waals surface area (Å²) in [6, 6.07) is 20.2. The van der Waals surface area contributed by atoms with Gasteiger partial charge in [0, 0.05) is 11.1 Å². The molecule has 0 aliphatic rings. The van der Waals surface area contributed by atoms with E-state index in [2.05, 4.69) is 32.0 Å². The average Bonchev–Trinajstić information content (AvgIpc) is 2.54. The van der Waals surface area contributed by atoms with Crippen LogP contribution in [0.4, 0.5) is 0 Å². The van der Waals surface area contributed by atoms with E-state index in [0.29, 0.717) is 5.92 Å². The molecule has 3 aromatic carbocycles. The highest BCUT2D eigenvalue weighted by atomic mass is 16.1. The molecule has 0 fully saturated rings. The maximum absolute atomic E-state index is 13.0. The monoisotopic (exact) mass is 288 g/mol. The smallest absolute Gasteiger partial charge is 0.193 e. The van der Waals surface area contributed by atoms with Gasteiger partial charge in [-0.15, -0.1) is 0 Å². The molecule has 0 amide bonds. The molecule has 0 saturated heterocycles. The topological polar surface area (TPSA) is 17.1 Å². The van der Waals surface area contributed by atoms with Crippen molar-refractivity contribution in [1.29, 1.82) is 0 Å². The molecule has 0 aliphatic carbocycles. The van der Waals surface area contributed by atoms with Gasteiger partial charge in [-0.25, -0.2) is 0 Å². The molecule has 0 N–H and O–H groups in total. The van der Waals surface area contributed by atoms with Crippen LogP contribution in [0.5, 0.6) is 0 Å². The molecule has 0 radical (unpaired) electrons. The number of hydrogen-bond acceptors (Lipinski definition) is 1. The first-order chi connectivity index (χ1) is 10.6. The van der Waals surface area contributed by atoms with Crippen LogP contribution in [0, 0.1) is 6.92 Å². The summed E-state index contributed by atoms with van der Waals surface area (Å²) < 4.78 is 0. The standard InChI is InChI=1S/C21H20O/c1-14(2)16-10-12-18(13-11-16)21(22)20-15(3)8-9-17-6-4-5-7-19(17)20/h4-14H,1-3H3. The second-order valence-electron chi connectivity index (χ2n) is 6.08. The minimum atomic E-state index is 0.101. The number of carbonyl (C=O) groups excluding carboxylic acids is 1. The highest BCUT2D eigenvalue weighted by molar-refractivity contribution is 6.17. The summed E-state index contributed by atoms with van der Waals surface area (Å²) in [4.78, 5) is 13.0. The number of rotatable bonds is 3.